The highest BCUT2D eigenvalue weighted by Crippen LogP contribution is 2.31. The van der Waals surface area contributed by atoms with Crippen molar-refractivity contribution in [1.82, 2.24) is 15.2 Å². The van der Waals surface area contributed by atoms with Gasteiger partial charge in [0.2, 0.25) is 5.91 Å². The number of amides is 1. The third kappa shape index (κ3) is 3.49. The van der Waals surface area contributed by atoms with Gasteiger partial charge in [-0.2, -0.15) is 0 Å². The van der Waals surface area contributed by atoms with Gasteiger partial charge < -0.3 is 19.8 Å². The monoisotopic (exact) mass is 357 g/mol. The number of nitrogens with zero attached hydrogens (tertiary/aromatic N) is 1. The lowest BCUT2D eigenvalue weighted by Gasteiger charge is -2.39. The number of fused-ring (bicyclic) bond motifs is 1. The number of likely N-dealkylation sites (tertiary alicyclic amines) is 1. The van der Waals surface area contributed by atoms with Gasteiger partial charge >= 0.3 is 0 Å². The lowest BCUT2D eigenvalue weighted by atomic mass is 10.0. The maximum absolute atomic E-state index is 12.5. The van der Waals surface area contributed by atoms with E-state index in [0.717, 1.165) is 37.9 Å². The van der Waals surface area contributed by atoms with Gasteiger partial charge in [0.1, 0.15) is 0 Å². The molecular formula is C20H27N3O3. The fraction of sp³-hybridized carbons (Fsp3) is 0.550. The Morgan fingerprint density at radius 3 is 2.77 bits per heavy atom. The van der Waals surface area contributed by atoms with Crippen molar-refractivity contribution in [3.63, 3.8) is 0 Å². The topological polar surface area (TPSA) is 66.6 Å². The van der Waals surface area contributed by atoms with Crippen LogP contribution in [0, 0.1) is 0 Å². The molecule has 6 heteroatoms. The van der Waals surface area contributed by atoms with E-state index in [1.807, 2.05) is 25.3 Å². The van der Waals surface area contributed by atoms with Gasteiger partial charge in [0, 0.05) is 49.6 Å². The Labute approximate surface area is 153 Å². The molecule has 0 radical (unpaired) electrons. The molecule has 1 aromatic heterocycles. The molecule has 2 N–H and O–H groups in total. The maximum atomic E-state index is 12.5. The maximum Gasteiger partial charge on any atom is 0.237 e. The number of carbonyl (C=O) groups excluding carboxylic acids is 1. The molecule has 2 saturated heterocycles. The molecule has 1 atom stereocenters. The molecule has 2 aromatic rings. The average Bonchev–Trinajstić information content (AvgIpc) is 3.29. The van der Waals surface area contributed by atoms with E-state index in [0.29, 0.717) is 19.8 Å². The number of hydrogen-bond acceptors (Lipinski definition) is 4. The van der Waals surface area contributed by atoms with E-state index >= 15 is 0 Å². The second kappa shape index (κ2) is 7.39. The van der Waals surface area contributed by atoms with E-state index in [-0.39, 0.29) is 17.7 Å². The number of benzene rings is 1. The first-order chi connectivity index (χ1) is 12.7. The first-order valence-corrected chi connectivity index (χ1v) is 9.52. The number of H-pyrrole nitrogens is 1. The molecular weight excluding hydrogens is 330 g/mol. The van der Waals surface area contributed by atoms with Crippen LogP contribution in [0.15, 0.2) is 30.5 Å². The van der Waals surface area contributed by atoms with Gasteiger partial charge in [-0.3, -0.25) is 9.69 Å². The van der Waals surface area contributed by atoms with Crippen molar-refractivity contribution in [2.24, 2.45) is 0 Å². The second-order valence-corrected chi connectivity index (χ2v) is 7.22. The summed E-state index contributed by atoms with van der Waals surface area (Å²) in [5.41, 5.74) is 2.38. The van der Waals surface area contributed by atoms with E-state index in [2.05, 4.69) is 27.3 Å². The molecule has 0 saturated carbocycles. The van der Waals surface area contributed by atoms with Crippen molar-refractivity contribution in [2.45, 2.75) is 38.0 Å². The molecule has 0 aliphatic carbocycles. The number of para-hydroxylation sites is 1. The van der Waals surface area contributed by atoms with E-state index in [1.54, 1.807) is 0 Å². The summed E-state index contributed by atoms with van der Waals surface area (Å²) in [5.74, 6) is -0.295. The molecule has 26 heavy (non-hydrogen) atoms. The SMILES string of the molecule is CC(C(=O)NCCc1c[nH]c2ccccc12)N1CCC2(CC1)OCCO2. The Hall–Kier alpha value is -1.89. The molecule has 0 bridgehead atoms. The smallest absolute Gasteiger partial charge is 0.237 e. The van der Waals surface area contributed by atoms with Crippen LogP contribution in [0.3, 0.4) is 0 Å². The van der Waals surface area contributed by atoms with E-state index in [4.69, 9.17) is 9.47 Å². The third-order valence-corrected chi connectivity index (χ3v) is 5.67. The van der Waals surface area contributed by atoms with Crippen LogP contribution in [-0.4, -0.2) is 60.5 Å². The zero-order valence-electron chi connectivity index (χ0n) is 15.3. The third-order valence-electron chi connectivity index (χ3n) is 5.67. The van der Waals surface area contributed by atoms with Crippen molar-refractivity contribution in [2.75, 3.05) is 32.8 Å². The molecule has 140 valence electrons. The Morgan fingerprint density at radius 2 is 2.00 bits per heavy atom. The highest BCUT2D eigenvalue weighted by molar-refractivity contribution is 5.83. The Kier molecular flexibility index (Phi) is 4.98. The summed E-state index contributed by atoms with van der Waals surface area (Å²) in [7, 11) is 0. The average molecular weight is 357 g/mol. The quantitative estimate of drug-likeness (QED) is 0.860. The predicted molar refractivity (Wildman–Crippen MR) is 99.9 cm³/mol. The summed E-state index contributed by atoms with van der Waals surface area (Å²) in [4.78, 5) is 18.0. The largest absolute Gasteiger partial charge is 0.361 e. The lowest BCUT2D eigenvalue weighted by Crippen LogP contribution is -2.52. The van der Waals surface area contributed by atoms with Crippen LogP contribution in [-0.2, 0) is 20.7 Å². The fourth-order valence-corrected chi connectivity index (χ4v) is 4.01. The first-order valence-electron chi connectivity index (χ1n) is 9.52. The summed E-state index contributed by atoms with van der Waals surface area (Å²) in [6.45, 7) is 5.66. The fourth-order valence-electron chi connectivity index (χ4n) is 4.01. The number of aromatic amines is 1. The summed E-state index contributed by atoms with van der Waals surface area (Å²) >= 11 is 0. The molecule has 1 amide bonds. The Bertz CT molecular complexity index is 757. The zero-order chi connectivity index (χ0) is 18.0. The number of hydrogen-bond donors (Lipinski definition) is 2. The number of nitrogens with one attached hydrogen (secondary N) is 2. The van der Waals surface area contributed by atoms with Gasteiger partial charge in [-0.25, -0.2) is 0 Å². The number of piperidine rings is 1. The van der Waals surface area contributed by atoms with Gasteiger partial charge in [0.05, 0.1) is 19.3 Å². The van der Waals surface area contributed by atoms with Crippen molar-refractivity contribution in [1.29, 1.82) is 0 Å². The number of aromatic nitrogens is 1. The van der Waals surface area contributed by atoms with E-state index < -0.39 is 0 Å². The van der Waals surface area contributed by atoms with Gasteiger partial charge in [-0.05, 0) is 25.0 Å². The van der Waals surface area contributed by atoms with Crippen molar-refractivity contribution in [3.05, 3.63) is 36.0 Å². The van der Waals surface area contributed by atoms with Crippen LogP contribution in [0.25, 0.3) is 10.9 Å². The van der Waals surface area contributed by atoms with E-state index in [1.165, 1.54) is 10.9 Å². The highest BCUT2D eigenvalue weighted by Gasteiger charge is 2.41. The standard InChI is InChI=1S/C20H27N3O3/c1-15(23-10-7-20(8-11-23)25-12-13-26-20)19(24)21-9-6-16-14-22-18-5-3-2-4-17(16)18/h2-5,14-15,22H,6-13H2,1H3,(H,21,24). The van der Waals surface area contributed by atoms with Crippen LogP contribution < -0.4 is 5.32 Å². The minimum Gasteiger partial charge on any atom is -0.361 e. The minimum atomic E-state index is -0.387. The molecule has 2 aliphatic heterocycles. The van der Waals surface area contributed by atoms with E-state index in [9.17, 15) is 4.79 Å². The van der Waals surface area contributed by atoms with Crippen LogP contribution in [0.2, 0.25) is 0 Å². The van der Waals surface area contributed by atoms with Gasteiger partial charge in [-0.1, -0.05) is 18.2 Å². The van der Waals surface area contributed by atoms with Crippen LogP contribution in [0.1, 0.15) is 25.3 Å². The summed E-state index contributed by atoms with van der Waals surface area (Å²) < 4.78 is 11.5. The molecule has 1 aromatic carbocycles. The van der Waals surface area contributed by atoms with Gasteiger partial charge in [-0.15, -0.1) is 0 Å². The van der Waals surface area contributed by atoms with Crippen molar-refractivity contribution in [3.8, 4) is 0 Å². The lowest BCUT2D eigenvalue weighted by molar-refractivity contribution is -0.188. The second-order valence-electron chi connectivity index (χ2n) is 7.22. The Morgan fingerprint density at radius 1 is 1.27 bits per heavy atom. The van der Waals surface area contributed by atoms with Crippen LogP contribution in [0.4, 0.5) is 0 Å². The Balaban J connectivity index is 1.25. The van der Waals surface area contributed by atoms with Gasteiger partial charge in [0.15, 0.2) is 5.79 Å². The molecule has 1 unspecified atom stereocenters. The number of carbonyl (C=O) groups is 1. The highest BCUT2D eigenvalue weighted by atomic mass is 16.7. The van der Waals surface area contributed by atoms with Gasteiger partial charge in [0.25, 0.3) is 0 Å². The molecule has 6 nitrogen and oxygen atoms in total. The molecule has 1 spiro atoms. The van der Waals surface area contributed by atoms with Crippen LogP contribution in [0.5, 0.6) is 0 Å². The minimum absolute atomic E-state index is 0.0917. The zero-order valence-corrected chi connectivity index (χ0v) is 15.3. The summed E-state index contributed by atoms with van der Waals surface area (Å²) in [6.07, 6.45) is 4.53. The van der Waals surface area contributed by atoms with Crippen LogP contribution >= 0.6 is 0 Å². The normalized spacial score (nSPS) is 21.3. The summed E-state index contributed by atoms with van der Waals surface area (Å²) in [5, 5.41) is 4.32. The molecule has 2 aliphatic rings. The number of rotatable bonds is 5. The summed E-state index contributed by atoms with van der Waals surface area (Å²) in [6, 6.07) is 8.12. The molecule has 2 fully saturated rings. The molecule has 3 heterocycles. The number of ether oxygens (including phenoxy) is 2. The van der Waals surface area contributed by atoms with Crippen molar-refractivity contribution < 1.29 is 14.3 Å². The van der Waals surface area contributed by atoms with Crippen molar-refractivity contribution >= 4 is 16.8 Å². The molecule has 4 rings (SSSR count). The first kappa shape index (κ1) is 17.5. The predicted octanol–water partition coefficient (Wildman–Crippen LogP) is 2.05.